The predicted octanol–water partition coefficient (Wildman–Crippen LogP) is 3.64. The number of rotatable bonds is 0. The van der Waals surface area contributed by atoms with E-state index in [0.29, 0.717) is 5.54 Å². The van der Waals surface area contributed by atoms with Crippen LogP contribution in [0.3, 0.4) is 0 Å². The van der Waals surface area contributed by atoms with E-state index in [9.17, 15) is 0 Å². The molecule has 1 heterocycles. The summed E-state index contributed by atoms with van der Waals surface area (Å²) in [5, 5.41) is 0. The third-order valence-electron chi connectivity index (χ3n) is 9.59. The summed E-state index contributed by atoms with van der Waals surface area (Å²) in [4.78, 5) is 2.88. The van der Waals surface area contributed by atoms with E-state index in [2.05, 4.69) is 18.9 Å². The van der Waals surface area contributed by atoms with Crippen LogP contribution in [0.2, 0.25) is 0 Å². The minimum atomic E-state index is 0.648. The van der Waals surface area contributed by atoms with Crippen molar-refractivity contribution < 1.29 is 0 Å². The average molecular weight is 271 g/mol. The molecule has 8 aliphatic rings. The van der Waals surface area contributed by atoms with Crippen molar-refractivity contribution in [1.82, 2.24) is 4.90 Å². The van der Waals surface area contributed by atoms with E-state index in [-0.39, 0.29) is 0 Å². The molecule has 1 spiro atoms. The van der Waals surface area contributed by atoms with Gasteiger partial charge in [-0.25, -0.2) is 0 Å². The minimum Gasteiger partial charge on any atom is -0.300 e. The molecule has 1 saturated heterocycles. The van der Waals surface area contributed by atoms with E-state index < -0.39 is 0 Å². The maximum atomic E-state index is 2.88. The highest BCUT2D eigenvalue weighted by Crippen LogP contribution is 2.76. The molecule has 0 aromatic carbocycles. The van der Waals surface area contributed by atoms with Gasteiger partial charge in [0.2, 0.25) is 0 Å². The topological polar surface area (TPSA) is 3.24 Å². The molecule has 6 atom stereocenters. The molecule has 0 aromatic heterocycles. The van der Waals surface area contributed by atoms with Gasteiger partial charge >= 0.3 is 0 Å². The van der Waals surface area contributed by atoms with E-state index in [4.69, 9.17) is 0 Å². The lowest BCUT2D eigenvalue weighted by atomic mass is 9.31. The number of nitrogens with zero attached hydrogens (tertiary/aromatic N) is 1. The van der Waals surface area contributed by atoms with Gasteiger partial charge in [-0.15, -0.1) is 0 Å². The average Bonchev–Trinajstić information content (AvgIpc) is 2.74. The Balaban J connectivity index is 1.56. The molecule has 7 saturated carbocycles. The first-order chi connectivity index (χ1) is 9.71. The molecule has 110 valence electrons. The number of hydrogen-bond donors (Lipinski definition) is 0. The molecule has 0 amide bonds. The van der Waals surface area contributed by atoms with Crippen molar-refractivity contribution in [3.8, 4) is 0 Å². The van der Waals surface area contributed by atoms with Gasteiger partial charge in [0.05, 0.1) is 0 Å². The molecule has 8 rings (SSSR count). The zero-order valence-electron chi connectivity index (χ0n) is 13.1. The first kappa shape index (κ1) is 11.5. The van der Waals surface area contributed by atoms with Crippen LogP contribution in [0.5, 0.6) is 0 Å². The maximum Gasteiger partial charge on any atom is 0.0294 e. The zero-order chi connectivity index (χ0) is 13.2. The Morgan fingerprint density at radius 1 is 0.850 bits per heavy atom. The third kappa shape index (κ3) is 0.970. The fourth-order valence-corrected chi connectivity index (χ4v) is 9.51. The lowest BCUT2D eigenvalue weighted by Gasteiger charge is -2.76. The molecule has 1 nitrogen and oxygen atoms in total. The van der Waals surface area contributed by atoms with Crippen molar-refractivity contribution in [3.05, 3.63) is 0 Å². The fraction of sp³-hybridized carbons (Fsp3) is 1.00. The molecule has 6 unspecified atom stereocenters. The van der Waals surface area contributed by atoms with Crippen molar-refractivity contribution in [2.45, 2.75) is 51.0 Å². The van der Waals surface area contributed by atoms with Gasteiger partial charge in [-0.3, -0.25) is 4.90 Å². The van der Waals surface area contributed by atoms with Crippen molar-refractivity contribution >= 4 is 0 Å². The molecule has 1 heteroatoms. The van der Waals surface area contributed by atoms with Gasteiger partial charge in [-0.05, 0) is 105 Å². The van der Waals surface area contributed by atoms with Crippen LogP contribution in [0.1, 0.15) is 45.4 Å². The Kier molecular flexibility index (Phi) is 1.91. The summed E-state index contributed by atoms with van der Waals surface area (Å²) in [6, 6.07) is 0. The third-order valence-corrected chi connectivity index (χ3v) is 9.59. The van der Waals surface area contributed by atoms with Gasteiger partial charge in [0, 0.05) is 5.54 Å². The predicted molar refractivity (Wildman–Crippen MR) is 80.1 cm³/mol. The van der Waals surface area contributed by atoms with Crippen LogP contribution in [-0.4, -0.2) is 24.0 Å². The van der Waals surface area contributed by atoms with Gasteiger partial charge in [-0.2, -0.15) is 0 Å². The lowest BCUT2D eigenvalue weighted by molar-refractivity contribution is -0.268. The number of likely N-dealkylation sites (tertiary alicyclic amines) is 1. The molecule has 8 bridgehead atoms. The first-order valence-electron chi connectivity index (χ1n) is 9.42. The molecular formula is C19H29N. The summed E-state index contributed by atoms with van der Waals surface area (Å²) in [7, 11) is 2.49. The van der Waals surface area contributed by atoms with Crippen molar-refractivity contribution in [2.24, 2.45) is 53.3 Å². The zero-order valence-corrected chi connectivity index (χ0v) is 13.1. The highest BCUT2D eigenvalue weighted by atomic mass is 15.2. The highest BCUT2D eigenvalue weighted by Gasteiger charge is 2.73. The van der Waals surface area contributed by atoms with E-state index in [1.807, 2.05) is 0 Å². The summed E-state index contributed by atoms with van der Waals surface area (Å²) in [5.41, 5.74) is 0.648. The quantitative estimate of drug-likeness (QED) is 0.650. The lowest BCUT2D eigenvalue weighted by Crippen LogP contribution is -2.75. The normalized spacial score (nSPS) is 69.6. The number of hydrogen-bond acceptors (Lipinski definition) is 1. The van der Waals surface area contributed by atoms with Crippen LogP contribution < -0.4 is 0 Å². The summed E-state index contributed by atoms with van der Waals surface area (Å²) in [5.74, 6) is 10.1. The Morgan fingerprint density at radius 2 is 1.45 bits per heavy atom. The summed E-state index contributed by atoms with van der Waals surface area (Å²) >= 11 is 0. The highest BCUT2D eigenvalue weighted by molar-refractivity contribution is 5.24. The fourth-order valence-electron chi connectivity index (χ4n) is 9.51. The minimum absolute atomic E-state index is 0.648. The van der Waals surface area contributed by atoms with E-state index in [1.54, 1.807) is 32.1 Å². The van der Waals surface area contributed by atoms with Crippen LogP contribution in [0.25, 0.3) is 0 Å². The molecule has 7 aliphatic carbocycles. The second-order valence-electron chi connectivity index (χ2n) is 9.59. The second-order valence-corrected chi connectivity index (χ2v) is 9.59. The van der Waals surface area contributed by atoms with Crippen LogP contribution in [0.15, 0.2) is 0 Å². The van der Waals surface area contributed by atoms with Gasteiger partial charge in [-0.1, -0.05) is 6.92 Å². The van der Waals surface area contributed by atoms with E-state index in [1.165, 1.54) is 30.7 Å². The van der Waals surface area contributed by atoms with Gasteiger partial charge < -0.3 is 0 Å². The molecule has 8 fully saturated rings. The smallest absolute Gasteiger partial charge is 0.0294 e. The molecule has 0 N–H and O–H groups in total. The first-order valence-corrected chi connectivity index (χ1v) is 9.42. The molecule has 0 aromatic rings. The van der Waals surface area contributed by atoms with Crippen LogP contribution in [-0.2, 0) is 0 Å². The van der Waals surface area contributed by atoms with Gasteiger partial charge in [0.25, 0.3) is 0 Å². The van der Waals surface area contributed by atoms with Gasteiger partial charge in [0.1, 0.15) is 0 Å². The summed E-state index contributed by atoms with van der Waals surface area (Å²) in [6.45, 7) is 4.00. The van der Waals surface area contributed by atoms with E-state index >= 15 is 0 Å². The van der Waals surface area contributed by atoms with Gasteiger partial charge in [0.15, 0.2) is 0 Å². The Hall–Kier alpha value is -0.0400. The van der Waals surface area contributed by atoms with Crippen LogP contribution in [0, 0.1) is 53.3 Å². The molecular weight excluding hydrogens is 242 g/mol. The Morgan fingerprint density at radius 3 is 2.05 bits per heavy atom. The molecule has 20 heavy (non-hydrogen) atoms. The standard InChI is InChI=1S/C19H29N/c1-10-3-4-20(2)19(10)12-8-14-13-5-11-6-16(14)18(19)17(7-11)15(13)9-12/h10-18H,3-9H2,1-2H3. The maximum absolute atomic E-state index is 2.88. The largest absolute Gasteiger partial charge is 0.300 e. The molecule has 1 aliphatic heterocycles. The van der Waals surface area contributed by atoms with Crippen LogP contribution in [0.4, 0.5) is 0 Å². The Labute approximate surface area is 123 Å². The monoisotopic (exact) mass is 271 g/mol. The Bertz CT molecular complexity index is 436. The van der Waals surface area contributed by atoms with Crippen molar-refractivity contribution in [1.29, 1.82) is 0 Å². The van der Waals surface area contributed by atoms with Crippen molar-refractivity contribution in [3.63, 3.8) is 0 Å². The molecule has 0 radical (unpaired) electrons. The SMILES string of the molecule is CC1CCN(C)C12C1CC3C4CC5CC3C2C(C5)C4C1. The second kappa shape index (κ2) is 3.31. The van der Waals surface area contributed by atoms with Crippen LogP contribution >= 0.6 is 0 Å². The summed E-state index contributed by atoms with van der Waals surface area (Å²) in [6.07, 6.45) is 9.62. The van der Waals surface area contributed by atoms with Crippen molar-refractivity contribution in [2.75, 3.05) is 13.6 Å². The van der Waals surface area contributed by atoms with E-state index in [0.717, 1.165) is 35.5 Å². The summed E-state index contributed by atoms with van der Waals surface area (Å²) < 4.78 is 0.